The predicted octanol–water partition coefficient (Wildman–Crippen LogP) is 4.96. The lowest BCUT2D eigenvalue weighted by Crippen LogP contribution is -2.51. The number of aromatic nitrogens is 2. The molecule has 1 fully saturated rings. The van der Waals surface area contributed by atoms with Gasteiger partial charge in [-0.25, -0.2) is 0 Å². The third kappa shape index (κ3) is 6.72. The van der Waals surface area contributed by atoms with Gasteiger partial charge in [-0.1, -0.05) is 17.7 Å². The Kier molecular flexibility index (Phi) is 8.44. The number of nitrogens with zero attached hydrogens (tertiary/aromatic N) is 3. The van der Waals surface area contributed by atoms with Crippen LogP contribution in [0.15, 0.2) is 42.7 Å². The van der Waals surface area contributed by atoms with E-state index in [0.29, 0.717) is 44.2 Å². The van der Waals surface area contributed by atoms with Crippen LogP contribution in [0.5, 0.6) is 17.2 Å². The molecule has 0 aliphatic carbocycles. The first-order chi connectivity index (χ1) is 17.2. The van der Waals surface area contributed by atoms with Crippen molar-refractivity contribution in [1.82, 2.24) is 14.7 Å². The number of piperidine rings is 1. The summed E-state index contributed by atoms with van der Waals surface area (Å²) in [5.41, 5.74) is 3.28. The van der Waals surface area contributed by atoms with Crippen LogP contribution in [-0.2, 0) is 13.1 Å². The van der Waals surface area contributed by atoms with E-state index in [1.165, 1.54) is 0 Å². The van der Waals surface area contributed by atoms with E-state index >= 15 is 0 Å². The summed E-state index contributed by atoms with van der Waals surface area (Å²) in [4.78, 5) is 2.26. The topological polar surface area (TPSA) is 69.0 Å². The number of likely N-dealkylation sites (tertiary alicyclic amines) is 1. The van der Waals surface area contributed by atoms with Gasteiger partial charge in [0.05, 0.1) is 19.9 Å². The molecule has 2 heterocycles. The summed E-state index contributed by atoms with van der Waals surface area (Å²) in [7, 11) is 1.65. The number of hydrogen-bond acceptors (Lipinski definition) is 6. The minimum Gasteiger partial charge on any atom is -0.493 e. The maximum atomic E-state index is 11.3. The van der Waals surface area contributed by atoms with Crippen molar-refractivity contribution >= 4 is 11.6 Å². The second kappa shape index (κ2) is 11.5. The maximum absolute atomic E-state index is 11.3. The van der Waals surface area contributed by atoms with Gasteiger partial charge in [0.25, 0.3) is 0 Å². The van der Waals surface area contributed by atoms with Crippen LogP contribution in [0.2, 0.25) is 5.02 Å². The molecule has 0 amide bonds. The van der Waals surface area contributed by atoms with Gasteiger partial charge >= 0.3 is 0 Å². The van der Waals surface area contributed by atoms with E-state index in [4.69, 9.17) is 25.8 Å². The lowest BCUT2D eigenvalue weighted by molar-refractivity contribution is -0.0621. The third-order valence-corrected chi connectivity index (χ3v) is 7.12. The number of β-amino-alcohol motifs (C(OH)–C–C–N with tert-alkyl or cyclic N) is 1. The highest BCUT2D eigenvalue weighted by molar-refractivity contribution is 6.32. The number of hydrogen-bond donors (Lipinski definition) is 1. The van der Waals surface area contributed by atoms with Crippen LogP contribution >= 0.6 is 11.6 Å². The standard InChI is InChI=1S/C28H36ClN3O4/c1-20-15-30-32(16-20)10-11-35-25-7-6-23(14-26(25)34-4)17-31-9-5-8-28(33,18-31)19-36-24-12-21(2)27(29)22(3)13-24/h6-7,12-16,33H,5,8-11,17-19H2,1-4H3. The zero-order chi connectivity index (χ0) is 25.7. The molecule has 1 aliphatic heterocycles. The van der Waals surface area contributed by atoms with E-state index in [9.17, 15) is 5.11 Å². The number of methoxy groups -OCH3 is 1. The molecule has 0 spiro atoms. The Morgan fingerprint density at radius 1 is 1.08 bits per heavy atom. The Hall–Kier alpha value is -2.74. The molecular formula is C28H36ClN3O4. The zero-order valence-electron chi connectivity index (χ0n) is 21.6. The number of aryl methyl sites for hydroxylation is 3. The van der Waals surface area contributed by atoms with Gasteiger partial charge in [-0.05, 0) is 86.7 Å². The van der Waals surface area contributed by atoms with E-state index in [2.05, 4.69) is 16.1 Å². The van der Waals surface area contributed by atoms with Crippen molar-refractivity contribution in [2.24, 2.45) is 0 Å². The van der Waals surface area contributed by atoms with Crippen LogP contribution in [0.1, 0.15) is 35.1 Å². The van der Waals surface area contributed by atoms with Crippen molar-refractivity contribution in [3.63, 3.8) is 0 Å². The predicted molar refractivity (Wildman–Crippen MR) is 141 cm³/mol. The highest BCUT2D eigenvalue weighted by atomic mass is 35.5. The van der Waals surface area contributed by atoms with Crippen molar-refractivity contribution < 1.29 is 19.3 Å². The van der Waals surface area contributed by atoms with E-state index in [-0.39, 0.29) is 6.61 Å². The van der Waals surface area contributed by atoms with Gasteiger partial charge in [0, 0.05) is 24.3 Å². The minimum atomic E-state index is -0.905. The van der Waals surface area contributed by atoms with Crippen molar-refractivity contribution in [2.75, 3.05) is 33.4 Å². The number of ether oxygens (including phenoxy) is 3. The van der Waals surface area contributed by atoms with Crippen LogP contribution in [0.3, 0.4) is 0 Å². The van der Waals surface area contributed by atoms with Crippen LogP contribution in [0.4, 0.5) is 0 Å². The van der Waals surface area contributed by atoms with Crippen LogP contribution in [0, 0.1) is 20.8 Å². The molecule has 1 aromatic heterocycles. The first-order valence-electron chi connectivity index (χ1n) is 12.4. The molecule has 194 valence electrons. The second-order valence-corrected chi connectivity index (χ2v) is 10.2. The Bertz CT molecular complexity index is 1160. The molecule has 0 saturated carbocycles. The maximum Gasteiger partial charge on any atom is 0.161 e. The van der Waals surface area contributed by atoms with Gasteiger partial charge < -0.3 is 19.3 Å². The molecule has 1 aliphatic rings. The number of rotatable bonds is 10. The molecule has 8 heteroatoms. The first-order valence-corrected chi connectivity index (χ1v) is 12.8. The molecule has 0 radical (unpaired) electrons. The quantitative estimate of drug-likeness (QED) is 0.413. The van der Waals surface area contributed by atoms with Gasteiger partial charge in [-0.3, -0.25) is 9.58 Å². The molecule has 3 aromatic rings. The fraction of sp³-hybridized carbons (Fsp3) is 0.464. The summed E-state index contributed by atoms with van der Waals surface area (Å²) in [6.07, 6.45) is 5.44. The van der Waals surface area contributed by atoms with Gasteiger partial charge in [-0.15, -0.1) is 0 Å². The second-order valence-electron chi connectivity index (χ2n) is 9.81. The zero-order valence-corrected chi connectivity index (χ0v) is 22.3. The molecule has 1 saturated heterocycles. The Morgan fingerprint density at radius 2 is 1.86 bits per heavy atom. The smallest absolute Gasteiger partial charge is 0.161 e. The van der Waals surface area contributed by atoms with Crippen LogP contribution in [-0.4, -0.2) is 58.8 Å². The molecule has 36 heavy (non-hydrogen) atoms. The highest BCUT2D eigenvalue weighted by Gasteiger charge is 2.34. The van der Waals surface area contributed by atoms with Crippen LogP contribution < -0.4 is 14.2 Å². The monoisotopic (exact) mass is 513 g/mol. The summed E-state index contributed by atoms with van der Waals surface area (Å²) in [6, 6.07) is 9.86. The average Bonchev–Trinajstić information content (AvgIpc) is 3.27. The summed E-state index contributed by atoms with van der Waals surface area (Å²) >= 11 is 6.27. The largest absolute Gasteiger partial charge is 0.493 e. The van der Waals surface area contributed by atoms with Gasteiger partial charge in [-0.2, -0.15) is 5.10 Å². The molecule has 1 N–H and O–H groups in total. The Balaban J connectivity index is 1.33. The van der Waals surface area contributed by atoms with Gasteiger partial charge in [0.1, 0.15) is 24.6 Å². The van der Waals surface area contributed by atoms with Crippen molar-refractivity contribution in [1.29, 1.82) is 0 Å². The average molecular weight is 514 g/mol. The Labute approximate surface area is 218 Å². The molecule has 4 rings (SSSR count). The fourth-order valence-corrected chi connectivity index (χ4v) is 4.80. The van der Waals surface area contributed by atoms with Crippen molar-refractivity contribution in [2.45, 2.75) is 52.3 Å². The van der Waals surface area contributed by atoms with Crippen molar-refractivity contribution in [3.8, 4) is 17.2 Å². The summed E-state index contributed by atoms with van der Waals surface area (Å²) in [5, 5.41) is 16.3. The summed E-state index contributed by atoms with van der Waals surface area (Å²) in [6.45, 7) is 9.54. The lowest BCUT2D eigenvalue weighted by Gasteiger charge is -2.39. The molecule has 0 bridgehead atoms. The van der Waals surface area contributed by atoms with Gasteiger partial charge in [0.2, 0.25) is 0 Å². The van der Waals surface area contributed by atoms with E-state index < -0.39 is 5.60 Å². The van der Waals surface area contributed by atoms with Crippen molar-refractivity contribution in [3.05, 3.63) is 70.0 Å². The SMILES string of the molecule is COc1cc(CN2CCCC(O)(COc3cc(C)c(Cl)c(C)c3)C2)ccc1OCCn1cc(C)cn1. The van der Waals surface area contributed by atoms with E-state index in [1.54, 1.807) is 7.11 Å². The first kappa shape index (κ1) is 26.3. The number of aliphatic hydroxyl groups is 1. The fourth-order valence-electron chi connectivity index (χ4n) is 4.69. The number of halogens is 1. The Morgan fingerprint density at radius 3 is 2.56 bits per heavy atom. The van der Waals surface area contributed by atoms with Crippen LogP contribution in [0.25, 0.3) is 0 Å². The molecular weight excluding hydrogens is 478 g/mol. The molecule has 1 atom stereocenters. The lowest BCUT2D eigenvalue weighted by atomic mass is 9.93. The van der Waals surface area contributed by atoms with Gasteiger partial charge in [0.15, 0.2) is 11.5 Å². The van der Waals surface area contributed by atoms with E-state index in [0.717, 1.165) is 46.0 Å². The molecule has 7 nitrogen and oxygen atoms in total. The third-order valence-electron chi connectivity index (χ3n) is 6.53. The minimum absolute atomic E-state index is 0.246. The summed E-state index contributed by atoms with van der Waals surface area (Å²) in [5.74, 6) is 2.15. The van der Waals surface area contributed by atoms with E-state index in [1.807, 2.05) is 62.1 Å². The highest BCUT2D eigenvalue weighted by Crippen LogP contribution is 2.31. The summed E-state index contributed by atoms with van der Waals surface area (Å²) < 4.78 is 19.4. The molecule has 2 aromatic carbocycles. The number of benzene rings is 2. The molecule has 1 unspecified atom stereocenters. The normalized spacial score (nSPS) is 18.3.